The lowest BCUT2D eigenvalue weighted by atomic mass is 9.95. The summed E-state index contributed by atoms with van der Waals surface area (Å²) in [6.07, 6.45) is 6.26. The molecule has 1 amide bonds. The Hall–Kier alpha value is -1.43. The molecule has 4 rings (SSSR count). The second-order valence-electron chi connectivity index (χ2n) is 5.25. The molecular formula is C12H19N5O. The van der Waals surface area contributed by atoms with E-state index < -0.39 is 0 Å². The lowest BCUT2D eigenvalue weighted by Gasteiger charge is -2.36. The highest BCUT2D eigenvalue weighted by atomic mass is 16.2. The molecule has 0 saturated carbocycles. The number of aromatic nitrogens is 3. The van der Waals surface area contributed by atoms with Gasteiger partial charge in [-0.1, -0.05) is 0 Å². The summed E-state index contributed by atoms with van der Waals surface area (Å²) in [4.78, 5) is 14.4. The van der Waals surface area contributed by atoms with Crippen molar-refractivity contribution in [3.05, 3.63) is 12.7 Å². The normalized spacial score (nSPS) is 27.2. The van der Waals surface area contributed by atoms with E-state index in [9.17, 15) is 4.79 Å². The second-order valence-corrected chi connectivity index (χ2v) is 5.25. The molecule has 0 aromatic carbocycles. The van der Waals surface area contributed by atoms with E-state index in [4.69, 9.17) is 0 Å². The van der Waals surface area contributed by atoms with Crippen molar-refractivity contribution in [2.75, 3.05) is 19.6 Å². The largest absolute Gasteiger partial charge is 0.338 e. The molecule has 0 spiro atoms. The first kappa shape index (κ1) is 11.6. The Morgan fingerprint density at radius 1 is 1.28 bits per heavy atom. The molecule has 1 aromatic rings. The van der Waals surface area contributed by atoms with E-state index in [1.165, 1.54) is 6.42 Å². The predicted octanol–water partition coefficient (Wildman–Crippen LogP) is -0.121. The summed E-state index contributed by atoms with van der Waals surface area (Å²) in [7, 11) is 0. The van der Waals surface area contributed by atoms with Crippen LogP contribution in [0.3, 0.4) is 0 Å². The predicted molar refractivity (Wildman–Crippen MR) is 65.7 cm³/mol. The fraction of sp³-hybridized carbons (Fsp3) is 0.750. The molecular weight excluding hydrogens is 230 g/mol. The quantitative estimate of drug-likeness (QED) is 0.811. The van der Waals surface area contributed by atoms with Crippen LogP contribution >= 0.6 is 0 Å². The monoisotopic (exact) mass is 249 g/mol. The Labute approximate surface area is 106 Å². The van der Waals surface area contributed by atoms with Gasteiger partial charge in [-0.25, -0.2) is 0 Å². The SMILES string of the molecule is O=C(CCn1cnnc1)N1C[C@@H]2CC[C@H]1CNC2. The molecule has 3 saturated heterocycles. The zero-order valence-corrected chi connectivity index (χ0v) is 10.5. The molecule has 6 heteroatoms. The molecule has 2 bridgehead atoms. The van der Waals surface area contributed by atoms with E-state index in [1.54, 1.807) is 12.7 Å². The average Bonchev–Trinajstić information content (AvgIpc) is 2.71. The Morgan fingerprint density at radius 3 is 2.94 bits per heavy atom. The average molecular weight is 249 g/mol. The van der Waals surface area contributed by atoms with E-state index in [2.05, 4.69) is 20.4 Å². The Bertz CT molecular complexity index is 401. The number of carbonyl (C=O) groups excluding carboxylic acids is 1. The molecule has 3 aliphatic heterocycles. The molecule has 0 radical (unpaired) electrons. The van der Waals surface area contributed by atoms with Crippen LogP contribution in [0.4, 0.5) is 0 Å². The van der Waals surface area contributed by atoms with Crippen molar-refractivity contribution in [3.8, 4) is 0 Å². The smallest absolute Gasteiger partial charge is 0.224 e. The van der Waals surface area contributed by atoms with Gasteiger partial charge in [-0.2, -0.15) is 0 Å². The van der Waals surface area contributed by atoms with Crippen molar-refractivity contribution in [3.63, 3.8) is 0 Å². The van der Waals surface area contributed by atoms with E-state index in [0.29, 0.717) is 24.9 Å². The van der Waals surface area contributed by atoms with E-state index in [1.807, 2.05) is 4.57 Å². The van der Waals surface area contributed by atoms with Gasteiger partial charge in [0, 0.05) is 32.1 Å². The summed E-state index contributed by atoms with van der Waals surface area (Å²) < 4.78 is 1.85. The van der Waals surface area contributed by atoms with Crippen molar-refractivity contribution in [1.82, 2.24) is 25.0 Å². The molecule has 1 N–H and O–H groups in total. The minimum Gasteiger partial charge on any atom is -0.338 e. The van der Waals surface area contributed by atoms with Crippen LogP contribution in [0, 0.1) is 5.92 Å². The molecule has 3 aliphatic rings. The lowest BCUT2D eigenvalue weighted by Crippen LogP contribution is -2.47. The van der Waals surface area contributed by atoms with Crippen LogP contribution < -0.4 is 5.32 Å². The molecule has 4 heterocycles. The first-order valence-corrected chi connectivity index (χ1v) is 6.65. The van der Waals surface area contributed by atoms with Crippen molar-refractivity contribution < 1.29 is 4.79 Å². The molecule has 0 aliphatic carbocycles. The van der Waals surface area contributed by atoms with Gasteiger partial charge in [-0.3, -0.25) is 4.79 Å². The maximum Gasteiger partial charge on any atom is 0.224 e. The zero-order valence-electron chi connectivity index (χ0n) is 10.5. The zero-order chi connectivity index (χ0) is 12.4. The number of hydrogen-bond acceptors (Lipinski definition) is 4. The molecule has 2 atom stereocenters. The van der Waals surface area contributed by atoms with Gasteiger partial charge in [0.1, 0.15) is 12.7 Å². The van der Waals surface area contributed by atoms with Crippen LogP contribution in [0.25, 0.3) is 0 Å². The summed E-state index contributed by atoms with van der Waals surface area (Å²) in [6.45, 7) is 3.62. The van der Waals surface area contributed by atoms with Crippen molar-refractivity contribution in [2.24, 2.45) is 5.92 Å². The van der Waals surface area contributed by atoms with Crippen LogP contribution in [0.2, 0.25) is 0 Å². The van der Waals surface area contributed by atoms with Gasteiger partial charge in [0.2, 0.25) is 5.91 Å². The highest BCUT2D eigenvalue weighted by Gasteiger charge is 2.33. The van der Waals surface area contributed by atoms with Gasteiger partial charge in [-0.15, -0.1) is 10.2 Å². The van der Waals surface area contributed by atoms with Gasteiger partial charge in [-0.05, 0) is 25.3 Å². The number of hydrogen-bond donors (Lipinski definition) is 1. The van der Waals surface area contributed by atoms with Crippen LogP contribution in [-0.2, 0) is 11.3 Å². The van der Waals surface area contributed by atoms with Gasteiger partial charge < -0.3 is 14.8 Å². The highest BCUT2D eigenvalue weighted by molar-refractivity contribution is 5.76. The summed E-state index contributed by atoms with van der Waals surface area (Å²) in [5, 5.41) is 10.9. The maximum absolute atomic E-state index is 12.3. The summed E-state index contributed by atoms with van der Waals surface area (Å²) in [5.74, 6) is 0.907. The number of amides is 1. The Balaban J connectivity index is 1.58. The lowest BCUT2D eigenvalue weighted by molar-refractivity contribution is -0.135. The number of aryl methyl sites for hydroxylation is 1. The molecule has 0 unspecified atom stereocenters. The van der Waals surface area contributed by atoms with E-state index >= 15 is 0 Å². The Morgan fingerprint density at radius 2 is 2.11 bits per heavy atom. The summed E-state index contributed by atoms with van der Waals surface area (Å²) in [5.41, 5.74) is 0. The molecule has 6 nitrogen and oxygen atoms in total. The second kappa shape index (κ2) is 5.06. The molecule has 18 heavy (non-hydrogen) atoms. The third-order valence-electron chi connectivity index (χ3n) is 3.99. The molecule has 1 aromatic heterocycles. The van der Waals surface area contributed by atoms with Crippen molar-refractivity contribution in [1.29, 1.82) is 0 Å². The van der Waals surface area contributed by atoms with Gasteiger partial charge >= 0.3 is 0 Å². The first-order chi connectivity index (χ1) is 8.83. The Kier molecular flexibility index (Phi) is 3.27. The summed E-state index contributed by atoms with van der Waals surface area (Å²) in [6, 6.07) is 0.400. The molecule has 3 fully saturated rings. The third-order valence-corrected chi connectivity index (χ3v) is 3.99. The van der Waals surface area contributed by atoms with Gasteiger partial charge in [0.25, 0.3) is 0 Å². The number of rotatable bonds is 3. The minimum absolute atomic E-state index is 0.266. The minimum atomic E-state index is 0.266. The highest BCUT2D eigenvalue weighted by Crippen LogP contribution is 2.24. The fourth-order valence-corrected chi connectivity index (χ4v) is 2.95. The van der Waals surface area contributed by atoms with Crippen LogP contribution in [0.15, 0.2) is 12.7 Å². The van der Waals surface area contributed by atoms with Crippen molar-refractivity contribution >= 4 is 5.91 Å². The van der Waals surface area contributed by atoms with E-state index in [-0.39, 0.29) is 5.91 Å². The van der Waals surface area contributed by atoms with Crippen LogP contribution in [-0.4, -0.2) is 51.2 Å². The third kappa shape index (κ3) is 2.38. The number of nitrogens with zero attached hydrogens (tertiary/aromatic N) is 4. The van der Waals surface area contributed by atoms with Gasteiger partial charge in [0.15, 0.2) is 0 Å². The number of fused-ring (bicyclic) bond motifs is 4. The number of carbonyl (C=O) groups is 1. The summed E-state index contributed by atoms with van der Waals surface area (Å²) >= 11 is 0. The van der Waals surface area contributed by atoms with Crippen LogP contribution in [0.5, 0.6) is 0 Å². The number of piperidine rings is 1. The van der Waals surface area contributed by atoms with Gasteiger partial charge in [0.05, 0.1) is 0 Å². The standard InChI is InChI=1S/C12H19N5O/c18-12(3-4-16-8-14-15-9-16)17-7-10-1-2-11(17)6-13-5-10/h8-11,13H,1-7H2/t10-,11+/m1/s1. The first-order valence-electron chi connectivity index (χ1n) is 6.65. The number of nitrogens with one attached hydrogen (secondary N) is 1. The van der Waals surface area contributed by atoms with Crippen LogP contribution in [0.1, 0.15) is 19.3 Å². The molecule has 98 valence electrons. The topological polar surface area (TPSA) is 63.1 Å². The van der Waals surface area contributed by atoms with E-state index in [0.717, 1.165) is 26.1 Å². The fourth-order valence-electron chi connectivity index (χ4n) is 2.95. The van der Waals surface area contributed by atoms with Crippen molar-refractivity contribution in [2.45, 2.75) is 31.8 Å². The maximum atomic E-state index is 12.3.